The van der Waals surface area contributed by atoms with Crippen LogP contribution in [0.3, 0.4) is 0 Å². The molecule has 4 aromatic rings. The second-order valence-corrected chi connectivity index (χ2v) is 9.74. The van der Waals surface area contributed by atoms with Gasteiger partial charge in [0, 0.05) is 39.0 Å². The minimum atomic E-state index is -0.291. The van der Waals surface area contributed by atoms with Gasteiger partial charge in [-0.15, -0.1) is 0 Å². The quantitative estimate of drug-likeness (QED) is 0.404. The second kappa shape index (κ2) is 10.3. The summed E-state index contributed by atoms with van der Waals surface area (Å²) in [5.74, 6) is 1.41. The molecule has 0 saturated carbocycles. The molecule has 1 fully saturated rings. The zero-order chi connectivity index (χ0) is 26.9. The van der Waals surface area contributed by atoms with E-state index in [1.165, 1.54) is 0 Å². The van der Waals surface area contributed by atoms with Gasteiger partial charge in [-0.05, 0) is 38.5 Å². The Labute approximate surface area is 219 Å². The number of likely N-dealkylation sites (tertiary alicyclic amines) is 1. The molecule has 38 heavy (non-hydrogen) atoms. The Morgan fingerprint density at radius 3 is 2.61 bits per heavy atom. The van der Waals surface area contributed by atoms with Crippen molar-refractivity contribution in [1.29, 1.82) is 0 Å². The molecular formula is C26H30N8O4. The van der Waals surface area contributed by atoms with Crippen molar-refractivity contribution in [3.63, 3.8) is 0 Å². The van der Waals surface area contributed by atoms with Crippen LogP contribution in [0, 0.1) is 0 Å². The molecule has 0 aliphatic carbocycles. The van der Waals surface area contributed by atoms with Crippen LogP contribution in [0.15, 0.2) is 47.1 Å². The first-order chi connectivity index (χ1) is 18.3. The standard InChI is InChI=1S/C25H26N8O3.CH4O/c1-25(2)14-33-15(13-35-25)11-22(30-33)29-24-26-9-7-19(28-24)17-5-4-6-18(27-17)20-12-21(36-31-20)16-8-10-32(3)23(16)34;1-2/h4-7,9,11-12,16H,8,10,13-14H2,1-3H3,(H,26,28,29,30);2H,1H3. The SMILES string of the molecule is CN1CCC(c2cc(-c3cccc(-c4ccnc(Nc5cc6n(n5)CC(C)(C)OC6)n4)n3)no2)C1=O.CO. The van der Waals surface area contributed by atoms with E-state index in [9.17, 15) is 4.79 Å². The molecular weight excluding hydrogens is 488 g/mol. The number of likely N-dealkylation sites (N-methyl/N-ethyl adjacent to an activating group) is 1. The summed E-state index contributed by atoms with van der Waals surface area (Å²) >= 11 is 0. The minimum Gasteiger partial charge on any atom is -0.400 e. The highest BCUT2D eigenvalue weighted by atomic mass is 16.5. The first-order valence-electron chi connectivity index (χ1n) is 12.3. The van der Waals surface area contributed by atoms with Gasteiger partial charge in [-0.2, -0.15) is 5.10 Å². The normalized spacial score (nSPS) is 18.1. The molecule has 1 atom stereocenters. The smallest absolute Gasteiger partial charge is 0.233 e. The zero-order valence-electron chi connectivity index (χ0n) is 21.7. The number of hydrogen-bond acceptors (Lipinski definition) is 10. The number of nitrogens with zero attached hydrogens (tertiary/aromatic N) is 7. The van der Waals surface area contributed by atoms with Crippen LogP contribution in [0.1, 0.15) is 37.6 Å². The molecule has 2 aliphatic rings. The van der Waals surface area contributed by atoms with E-state index in [1.807, 2.05) is 42.8 Å². The van der Waals surface area contributed by atoms with Crippen LogP contribution < -0.4 is 5.32 Å². The zero-order valence-corrected chi connectivity index (χ0v) is 21.7. The van der Waals surface area contributed by atoms with E-state index in [-0.39, 0.29) is 17.4 Å². The van der Waals surface area contributed by atoms with E-state index < -0.39 is 0 Å². The maximum absolute atomic E-state index is 12.3. The third-order valence-corrected chi connectivity index (χ3v) is 6.47. The number of anilines is 2. The maximum atomic E-state index is 12.3. The van der Waals surface area contributed by atoms with Gasteiger partial charge in [0.1, 0.15) is 17.4 Å². The molecule has 0 bridgehead atoms. The van der Waals surface area contributed by atoms with E-state index in [4.69, 9.17) is 19.4 Å². The fraction of sp³-hybridized carbons (Fsp3) is 0.385. The number of rotatable bonds is 5. The van der Waals surface area contributed by atoms with Crippen molar-refractivity contribution in [2.45, 2.75) is 44.9 Å². The fourth-order valence-electron chi connectivity index (χ4n) is 4.50. The van der Waals surface area contributed by atoms with Crippen LogP contribution >= 0.6 is 0 Å². The summed E-state index contributed by atoms with van der Waals surface area (Å²) in [6.45, 7) is 5.99. The Bertz CT molecular complexity index is 1450. The summed E-state index contributed by atoms with van der Waals surface area (Å²) in [5, 5.41) is 19.0. The fourth-order valence-corrected chi connectivity index (χ4v) is 4.50. The van der Waals surface area contributed by atoms with Gasteiger partial charge in [-0.3, -0.25) is 9.48 Å². The summed E-state index contributed by atoms with van der Waals surface area (Å²) < 4.78 is 13.3. The molecule has 1 amide bonds. The summed E-state index contributed by atoms with van der Waals surface area (Å²) in [7, 11) is 2.80. The van der Waals surface area contributed by atoms with E-state index in [0.717, 1.165) is 19.2 Å². The summed E-state index contributed by atoms with van der Waals surface area (Å²) in [5.41, 5.74) is 3.28. The van der Waals surface area contributed by atoms with Gasteiger partial charge in [-0.25, -0.2) is 15.0 Å². The lowest BCUT2D eigenvalue weighted by Gasteiger charge is -2.30. The molecule has 12 nitrogen and oxygen atoms in total. The van der Waals surface area contributed by atoms with Gasteiger partial charge >= 0.3 is 0 Å². The number of aromatic nitrogens is 6. The van der Waals surface area contributed by atoms with Gasteiger partial charge < -0.3 is 24.6 Å². The lowest BCUT2D eigenvalue weighted by Crippen LogP contribution is -2.36. The van der Waals surface area contributed by atoms with Crippen molar-refractivity contribution in [3.05, 3.63) is 54.0 Å². The molecule has 1 saturated heterocycles. The molecule has 12 heteroatoms. The molecule has 1 unspecified atom stereocenters. The molecule has 6 rings (SSSR count). The topological polar surface area (TPSA) is 144 Å². The number of nitrogens with one attached hydrogen (secondary N) is 1. The number of hydrogen-bond donors (Lipinski definition) is 2. The van der Waals surface area contributed by atoms with Gasteiger partial charge in [0.15, 0.2) is 5.82 Å². The molecule has 198 valence electrons. The average molecular weight is 519 g/mol. The van der Waals surface area contributed by atoms with Gasteiger partial charge in [0.05, 0.1) is 41.5 Å². The third-order valence-electron chi connectivity index (χ3n) is 6.47. The van der Waals surface area contributed by atoms with Gasteiger partial charge in [0.2, 0.25) is 11.9 Å². The Morgan fingerprint density at radius 2 is 1.84 bits per heavy atom. The van der Waals surface area contributed by atoms with Crippen LogP contribution in [-0.2, 0) is 22.7 Å². The van der Waals surface area contributed by atoms with Gasteiger partial charge in [-0.1, -0.05) is 11.2 Å². The Morgan fingerprint density at radius 1 is 1.08 bits per heavy atom. The number of fused-ring (bicyclic) bond motifs is 1. The van der Waals surface area contributed by atoms with E-state index in [2.05, 4.69) is 25.5 Å². The van der Waals surface area contributed by atoms with Crippen LogP contribution in [0.5, 0.6) is 0 Å². The number of carbonyl (C=O) groups is 1. The lowest BCUT2D eigenvalue weighted by atomic mass is 10.0. The third kappa shape index (κ3) is 5.13. The van der Waals surface area contributed by atoms with E-state index in [0.29, 0.717) is 60.0 Å². The van der Waals surface area contributed by atoms with E-state index >= 15 is 0 Å². The van der Waals surface area contributed by atoms with Crippen LogP contribution in [-0.4, -0.2) is 72.1 Å². The highest BCUT2D eigenvalue weighted by molar-refractivity contribution is 5.85. The first kappa shape index (κ1) is 25.5. The number of aliphatic hydroxyl groups excluding tert-OH is 1. The Balaban J connectivity index is 0.00000144. The van der Waals surface area contributed by atoms with Crippen molar-refractivity contribution >= 4 is 17.7 Å². The molecule has 2 N–H and O–H groups in total. The molecule has 0 aromatic carbocycles. The number of amides is 1. The number of pyridine rings is 1. The minimum absolute atomic E-state index is 0.0511. The van der Waals surface area contributed by atoms with Crippen molar-refractivity contribution < 1.29 is 19.2 Å². The number of aliphatic hydroxyl groups is 1. The summed E-state index contributed by atoms with van der Waals surface area (Å²) in [6.07, 6.45) is 2.40. The highest BCUT2D eigenvalue weighted by Gasteiger charge is 2.33. The monoisotopic (exact) mass is 518 g/mol. The lowest BCUT2D eigenvalue weighted by molar-refractivity contribution is -0.128. The van der Waals surface area contributed by atoms with Crippen LogP contribution in [0.25, 0.3) is 22.8 Å². The first-order valence-corrected chi connectivity index (χ1v) is 12.3. The van der Waals surface area contributed by atoms with Crippen LogP contribution in [0.2, 0.25) is 0 Å². The van der Waals surface area contributed by atoms with Crippen molar-refractivity contribution in [2.24, 2.45) is 0 Å². The summed E-state index contributed by atoms with van der Waals surface area (Å²) in [6, 6.07) is 11.2. The number of carbonyl (C=O) groups excluding carboxylic acids is 1. The van der Waals surface area contributed by atoms with Crippen molar-refractivity contribution in [2.75, 3.05) is 26.0 Å². The largest absolute Gasteiger partial charge is 0.400 e. The molecule has 0 radical (unpaired) electrons. The van der Waals surface area contributed by atoms with Crippen molar-refractivity contribution in [3.8, 4) is 22.8 Å². The predicted molar refractivity (Wildman–Crippen MR) is 138 cm³/mol. The second-order valence-electron chi connectivity index (χ2n) is 9.74. The predicted octanol–water partition coefficient (Wildman–Crippen LogP) is 3.00. The molecule has 0 spiro atoms. The van der Waals surface area contributed by atoms with Crippen LogP contribution in [0.4, 0.5) is 11.8 Å². The highest BCUT2D eigenvalue weighted by Crippen LogP contribution is 2.31. The van der Waals surface area contributed by atoms with E-state index in [1.54, 1.807) is 30.3 Å². The molecule has 6 heterocycles. The average Bonchev–Trinajstić information content (AvgIpc) is 3.64. The maximum Gasteiger partial charge on any atom is 0.233 e. The Kier molecular flexibility index (Phi) is 6.91. The molecule has 4 aromatic heterocycles. The Hall–Kier alpha value is -4.16. The summed E-state index contributed by atoms with van der Waals surface area (Å²) in [4.78, 5) is 27.7. The van der Waals surface area contributed by atoms with Crippen molar-refractivity contribution in [1.82, 2.24) is 34.8 Å². The molecule has 2 aliphatic heterocycles. The van der Waals surface area contributed by atoms with Gasteiger partial charge in [0.25, 0.3) is 0 Å². The number of ether oxygens (including phenoxy) is 1.